The molecule has 1 aromatic rings. The van der Waals surface area contributed by atoms with E-state index in [9.17, 15) is 8.42 Å². The average Bonchev–Trinajstić information content (AvgIpc) is 2.69. The fourth-order valence-electron chi connectivity index (χ4n) is 2.38. The van der Waals surface area contributed by atoms with Crippen molar-refractivity contribution in [1.29, 1.82) is 0 Å². The number of hydrogen-bond acceptors (Lipinski definition) is 4. The lowest BCUT2D eigenvalue weighted by Crippen LogP contribution is -2.37. The summed E-state index contributed by atoms with van der Waals surface area (Å²) in [4.78, 5) is 2.21. The number of nitrogens with zero attached hydrogens (tertiary/aromatic N) is 1. The lowest BCUT2D eigenvalue weighted by atomic mass is 9.85. The molecular formula is C13H22N2O2S2. The lowest BCUT2D eigenvalue weighted by Gasteiger charge is -2.31. The van der Waals surface area contributed by atoms with Gasteiger partial charge < -0.3 is 5.73 Å². The Kier molecular flexibility index (Phi) is 4.66. The molecule has 1 saturated carbocycles. The maximum atomic E-state index is 12.7. The summed E-state index contributed by atoms with van der Waals surface area (Å²) in [6.07, 6.45) is 3.54. The van der Waals surface area contributed by atoms with Gasteiger partial charge in [-0.3, -0.25) is 0 Å². The van der Waals surface area contributed by atoms with E-state index in [0.717, 1.165) is 22.6 Å². The normalized spacial score (nSPS) is 16.8. The molecule has 0 radical (unpaired) electrons. The number of nitrogens with two attached hydrogens (primary N) is 1. The summed E-state index contributed by atoms with van der Waals surface area (Å²) in [7, 11) is -3.35. The van der Waals surface area contributed by atoms with Crippen LogP contribution in [0, 0.1) is 12.8 Å². The van der Waals surface area contributed by atoms with E-state index in [0.29, 0.717) is 30.4 Å². The first-order valence-electron chi connectivity index (χ1n) is 6.78. The van der Waals surface area contributed by atoms with Gasteiger partial charge in [-0.05, 0) is 31.7 Å². The molecule has 108 valence electrons. The Morgan fingerprint density at radius 2 is 2.16 bits per heavy atom. The van der Waals surface area contributed by atoms with Crippen molar-refractivity contribution < 1.29 is 8.42 Å². The summed E-state index contributed by atoms with van der Waals surface area (Å²) in [5.74, 6) is 0.544. The zero-order valence-electron chi connectivity index (χ0n) is 11.6. The molecule has 2 N–H and O–H groups in total. The van der Waals surface area contributed by atoms with E-state index in [1.807, 2.05) is 13.8 Å². The Balaban J connectivity index is 2.24. The Bertz CT molecular complexity index is 533. The van der Waals surface area contributed by atoms with Gasteiger partial charge in [0.1, 0.15) is 0 Å². The van der Waals surface area contributed by atoms with Crippen molar-refractivity contribution in [2.45, 2.75) is 44.6 Å². The van der Waals surface area contributed by atoms with Crippen molar-refractivity contribution in [3.63, 3.8) is 0 Å². The summed E-state index contributed by atoms with van der Waals surface area (Å²) in [5.41, 5.74) is 5.60. The molecule has 0 atom stereocenters. The molecule has 1 aliphatic carbocycles. The van der Waals surface area contributed by atoms with Crippen LogP contribution < -0.4 is 5.73 Å². The number of rotatable bonds is 6. The molecule has 1 fully saturated rings. The minimum atomic E-state index is -3.35. The van der Waals surface area contributed by atoms with Crippen LogP contribution in [-0.2, 0) is 16.6 Å². The molecule has 1 aliphatic rings. The minimum Gasteiger partial charge on any atom is -0.326 e. The quantitative estimate of drug-likeness (QED) is 0.877. The first kappa shape index (κ1) is 15.0. The predicted molar refractivity (Wildman–Crippen MR) is 78.7 cm³/mol. The smallest absolute Gasteiger partial charge is 0.244 e. The van der Waals surface area contributed by atoms with Crippen molar-refractivity contribution in [1.82, 2.24) is 4.31 Å². The van der Waals surface area contributed by atoms with Gasteiger partial charge in [0.05, 0.1) is 4.90 Å². The second-order valence-corrected chi connectivity index (χ2v) is 8.34. The Hall–Kier alpha value is -0.430. The fraction of sp³-hybridized carbons (Fsp3) is 0.692. The molecule has 0 aliphatic heterocycles. The number of sulfonamides is 1. The molecule has 0 unspecified atom stereocenters. The number of hydrogen-bond donors (Lipinski definition) is 1. The van der Waals surface area contributed by atoms with Crippen LogP contribution in [0.2, 0.25) is 0 Å². The molecule has 0 saturated heterocycles. The van der Waals surface area contributed by atoms with E-state index in [2.05, 4.69) is 0 Å². The summed E-state index contributed by atoms with van der Waals surface area (Å²) in [6, 6.07) is 1.73. The van der Waals surface area contributed by atoms with Crippen molar-refractivity contribution in [2.24, 2.45) is 11.7 Å². The summed E-state index contributed by atoms with van der Waals surface area (Å²) < 4.78 is 27.0. The van der Waals surface area contributed by atoms with E-state index in [1.54, 1.807) is 10.4 Å². The molecule has 1 heterocycles. The highest BCUT2D eigenvalue weighted by Gasteiger charge is 2.30. The second kappa shape index (κ2) is 5.91. The standard InChI is InChI=1S/C13H22N2O2S2/c1-3-15(9-11-5-4-6-11)19(16,17)13-7-12(8-14)18-10(13)2/h7,11H,3-6,8-9,14H2,1-2H3. The maximum absolute atomic E-state index is 12.7. The topological polar surface area (TPSA) is 63.4 Å². The first-order chi connectivity index (χ1) is 8.98. The monoisotopic (exact) mass is 302 g/mol. The molecule has 1 aromatic heterocycles. The molecular weight excluding hydrogens is 280 g/mol. The Labute approximate surface area is 119 Å². The van der Waals surface area contributed by atoms with Gasteiger partial charge >= 0.3 is 0 Å². The van der Waals surface area contributed by atoms with Gasteiger partial charge in [-0.2, -0.15) is 4.31 Å². The van der Waals surface area contributed by atoms with E-state index >= 15 is 0 Å². The highest BCUT2D eigenvalue weighted by Crippen LogP contribution is 2.32. The summed E-state index contributed by atoms with van der Waals surface area (Å²) in [6.45, 7) is 5.35. The zero-order valence-corrected chi connectivity index (χ0v) is 13.2. The van der Waals surface area contributed by atoms with Crippen LogP contribution in [0.5, 0.6) is 0 Å². The van der Waals surface area contributed by atoms with Crippen LogP contribution in [0.1, 0.15) is 35.9 Å². The summed E-state index contributed by atoms with van der Waals surface area (Å²) in [5, 5.41) is 0. The van der Waals surface area contributed by atoms with Crippen molar-refractivity contribution in [3.8, 4) is 0 Å². The van der Waals surface area contributed by atoms with Crippen molar-refractivity contribution in [3.05, 3.63) is 15.8 Å². The van der Waals surface area contributed by atoms with Crippen molar-refractivity contribution in [2.75, 3.05) is 13.1 Å². The first-order valence-corrected chi connectivity index (χ1v) is 9.04. The predicted octanol–water partition coefficient (Wildman–Crippen LogP) is 2.33. The minimum absolute atomic E-state index is 0.399. The number of thiophene rings is 1. The molecule has 0 aromatic carbocycles. The van der Waals surface area contributed by atoms with Crippen LogP contribution in [0.4, 0.5) is 0 Å². The molecule has 6 heteroatoms. The third-order valence-electron chi connectivity index (χ3n) is 3.78. The maximum Gasteiger partial charge on any atom is 0.244 e. The van der Waals surface area contributed by atoms with Gasteiger partial charge in [0.2, 0.25) is 10.0 Å². The largest absolute Gasteiger partial charge is 0.326 e. The van der Waals surface area contributed by atoms with Gasteiger partial charge in [-0.25, -0.2) is 8.42 Å². The van der Waals surface area contributed by atoms with Gasteiger partial charge in [0.25, 0.3) is 0 Å². The lowest BCUT2D eigenvalue weighted by molar-refractivity contribution is 0.250. The molecule has 4 nitrogen and oxygen atoms in total. The molecule has 19 heavy (non-hydrogen) atoms. The zero-order chi connectivity index (χ0) is 14.0. The van der Waals surface area contributed by atoms with E-state index < -0.39 is 10.0 Å². The van der Waals surface area contributed by atoms with Gasteiger partial charge in [-0.15, -0.1) is 11.3 Å². The van der Waals surface area contributed by atoms with Crippen LogP contribution in [0.15, 0.2) is 11.0 Å². The third-order valence-corrected chi connectivity index (χ3v) is 7.05. The van der Waals surface area contributed by atoms with Gasteiger partial charge in [0.15, 0.2) is 0 Å². The SMILES string of the molecule is CCN(CC1CCC1)S(=O)(=O)c1cc(CN)sc1C. The van der Waals surface area contributed by atoms with E-state index in [1.165, 1.54) is 17.8 Å². The highest BCUT2D eigenvalue weighted by molar-refractivity contribution is 7.89. The van der Waals surface area contributed by atoms with Gasteiger partial charge in [-0.1, -0.05) is 13.3 Å². The average molecular weight is 302 g/mol. The van der Waals surface area contributed by atoms with Crippen LogP contribution in [0.25, 0.3) is 0 Å². The van der Waals surface area contributed by atoms with Crippen LogP contribution in [-0.4, -0.2) is 25.8 Å². The highest BCUT2D eigenvalue weighted by atomic mass is 32.2. The molecule has 0 amide bonds. The molecule has 2 rings (SSSR count). The second-order valence-electron chi connectivity index (χ2n) is 5.09. The molecule has 0 spiro atoms. The summed E-state index contributed by atoms with van der Waals surface area (Å²) >= 11 is 1.48. The van der Waals surface area contributed by atoms with Crippen molar-refractivity contribution >= 4 is 21.4 Å². The fourth-order valence-corrected chi connectivity index (χ4v) is 5.39. The number of aryl methyl sites for hydroxylation is 1. The Morgan fingerprint density at radius 1 is 1.47 bits per heavy atom. The Morgan fingerprint density at radius 3 is 2.58 bits per heavy atom. The third kappa shape index (κ3) is 3.02. The van der Waals surface area contributed by atoms with Gasteiger partial charge in [0, 0.05) is 29.4 Å². The van der Waals surface area contributed by atoms with Crippen LogP contribution >= 0.6 is 11.3 Å². The molecule has 0 bridgehead atoms. The van der Waals surface area contributed by atoms with Crippen LogP contribution in [0.3, 0.4) is 0 Å². The van der Waals surface area contributed by atoms with E-state index in [-0.39, 0.29) is 0 Å². The van der Waals surface area contributed by atoms with E-state index in [4.69, 9.17) is 5.73 Å².